The van der Waals surface area contributed by atoms with Crippen LogP contribution in [0.1, 0.15) is 85.0 Å². The fourth-order valence-electron chi connectivity index (χ4n) is 11.5. The lowest BCUT2D eigenvalue weighted by Gasteiger charge is -2.66. The van der Waals surface area contributed by atoms with Crippen molar-refractivity contribution in [2.24, 2.45) is 28.6 Å². The van der Waals surface area contributed by atoms with Crippen LogP contribution in [0.5, 0.6) is 0 Å². The Labute approximate surface area is 287 Å². The Morgan fingerprint density at radius 1 is 0.898 bits per heavy atom. The summed E-state index contributed by atoms with van der Waals surface area (Å²) in [4.78, 5) is 11.9. The second-order valence-corrected chi connectivity index (χ2v) is 16.6. The number of esters is 1. The molecule has 13 heteroatoms. The van der Waals surface area contributed by atoms with Crippen LogP contribution in [0.3, 0.4) is 0 Å². The van der Waals surface area contributed by atoms with Gasteiger partial charge in [-0.2, -0.15) is 0 Å². The van der Waals surface area contributed by atoms with Crippen LogP contribution >= 0.6 is 0 Å². The normalized spacial score (nSPS) is 54.4. The number of carbonyl (C=O) groups excluding carboxylic acids is 1. The standard InChI is InChI=1S/C36H56O13/c1-18-31(49-32-30(41)29(40)28(39)25(16-37)48-32)24(44-4)14-27(46-18)47-20-5-9-33(2)22-6-10-34(3)21(19-13-26(38)45-17-19)8-12-36(34,43)23(22)7-11-35(33,42)15-20/h13,18,20-25,27-32,37,39-43H,5-12,14-17H2,1-4H3/t18-,20+,21+,22-,23+,24+,25+,27-,28+,29-,30+,31+,32-,33+,34-,35-,36+/m1/s1. The summed E-state index contributed by atoms with van der Waals surface area (Å²) < 4.78 is 35.4. The molecule has 7 aliphatic rings. The molecular formula is C36H56O13. The molecule has 3 aliphatic heterocycles. The van der Waals surface area contributed by atoms with Gasteiger partial charge < -0.3 is 59.1 Å². The summed E-state index contributed by atoms with van der Waals surface area (Å²) >= 11 is 0. The zero-order valence-electron chi connectivity index (χ0n) is 29.1. The minimum absolute atomic E-state index is 0.0724. The van der Waals surface area contributed by atoms with Gasteiger partial charge in [-0.1, -0.05) is 13.8 Å². The lowest BCUT2D eigenvalue weighted by atomic mass is 9.42. The first-order chi connectivity index (χ1) is 23.2. The van der Waals surface area contributed by atoms with E-state index in [0.717, 1.165) is 44.1 Å². The lowest BCUT2D eigenvalue weighted by Crippen LogP contribution is -2.67. The maximum atomic E-state index is 12.5. The summed E-state index contributed by atoms with van der Waals surface area (Å²) in [7, 11) is 1.55. The average molecular weight is 697 g/mol. The number of fused-ring (bicyclic) bond motifs is 5. The van der Waals surface area contributed by atoms with Gasteiger partial charge in [-0.25, -0.2) is 4.79 Å². The highest BCUT2D eigenvalue weighted by Crippen LogP contribution is 2.70. The molecule has 2 saturated heterocycles. The largest absolute Gasteiger partial charge is 0.458 e. The molecule has 0 bridgehead atoms. The Bertz CT molecular complexity index is 1280. The number of aliphatic hydroxyl groups excluding tert-OH is 4. The van der Waals surface area contributed by atoms with E-state index in [1.54, 1.807) is 20.1 Å². The molecule has 6 fully saturated rings. The third-order valence-electron chi connectivity index (χ3n) is 14.5. The van der Waals surface area contributed by atoms with Gasteiger partial charge in [0.05, 0.1) is 36.1 Å². The third kappa shape index (κ3) is 5.65. The molecule has 0 amide bonds. The van der Waals surface area contributed by atoms with E-state index in [9.17, 15) is 35.4 Å². The van der Waals surface area contributed by atoms with Crippen LogP contribution in [0.4, 0.5) is 0 Å². The molecule has 0 aromatic carbocycles. The van der Waals surface area contributed by atoms with Gasteiger partial charge in [0.15, 0.2) is 12.6 Å². The Morgan fingerprint density at radius 3 is 2.33 bits per heavy atom. The van der Waals surface area contributed by atoms with Gasteiger partial charge in [0.2, 0.25) is 0 Å². The number of aliphatic hydroxyl groups is 6. The summed E-state index contributed by atoms with van der Waals surface area (Å²) in [5, 5.41) is 65.4. The van der Waals surface area contributed by atoms with E-state index in [0.29, 0.717) is 32.3 Å². The van der Waals surface area contributed by atoms with E-state index >= 15 is 0 Å². The number of hydrogen-bond acceptors (Lipinski definition) is 13. The summed E-state index contributed by atoms with van der Waals surface area (Å²) in [5.41, 5.74) is -1.52. The van der Waals surface area contributed by atoms with Crippen LogP contribution in [0.15, 0.2) is 11.6 Å². The molecule has 6 N–H and O–H groups in total. The van der Waals surface area contributed by atoms with Crippen molar-refractivity contribution in [1.82, 2.24) is 0 Å². The molecule has 0 aromatic heterocycles. The smallest absolute Gasteiger partial charge is 0.331 e. The van der Waals surface area contributed by atoms with Crippen molar-refractivity contribution in [3.63, 3.8) is 0 Å². The highest BCUT2D eigenvalue weighted by molar-refractivity contribution is 5.85. The quantitative estimate of drug-likeness (QED) is 0.164. The Kier molecular flexibility index (Phi) is 9.60. The third-order valence-corrected chi connectivity index (χ3v) is 14.5. The van der Waals surface area contributed by atoms with E-state index in [1.165, 1.54) is 0 Å². The topological polar surface area (TPSA) is 194 Å². The molecule has 7 rings (SSSR count). The highest BCUT2D eigenvalue weighted by Gasteiger charge is 2.70. The molecule has 13 nitrogen and oxygen atoms in total. The van der Waals surface area contributed by atoms with Crippen molar-refractivity contribution < 1.29 is 63.9 Å². The second kappa shape index (κ2) is 13.0. The summed E-state index contributed by atoms with van der Waals surface area (Å²) in [6, 6.07) is 0. The molecule has 278 valence electrons. The lowest BCUT2D eigenvalue weighted by molar-refractivity contribution is -0.347. The second-order valence-electron chi connectivity index (χ2n) is 16.6. The number of ether oxygens (including phenoxy) is 6. The van der Waals surface area contributed by atoms with E-state index in [2.05, 4.69) is 13.8 Å². The predicted octanol–water partition coefficient (Wildman–Crippen LogP) is 1.08. The minimum atomic E-state index is -1.56. The molecule has 0 radical (unpaired) electrons. The number of rotatable bonds is 7. The summed E-state index contributed by atoms with van der Waals surface area (Å²) in [5.74, 6) is 0.0783. The highest BCUT2D eigenvalue weighted by atomic mass is 16.7. The number of methoxy groups -OCH3 is 1. The zero-order chi connectivity index (χ0) is 35.1. The van der Waals surface area contributed by atoms with Gasteiger partial charge in [0.25, 0.3) is 0 Å². The molecule has 0 aromatic rings. The van der Waals surface area contributed by atoms with Crippen molar-refractivity contribution in [3.8, 4) is 0 Å². The van der Waals surface area contributed by atoms with Gasteiger partial charge in [0, 0.05) is 31.4 Å². The molecule has 4 saturated carbocycles. The number of cyclic esters (lactones) is 1. The van der Waals surface area contributed by atoms with Crippen LogP contribution in [-0.4, -0.2) is 130 Å². The molecule has 49 heavy (non-hydrogen) atoms. The first-order valence-electron chi connectivity index (χ1n) is 18.3. The fraction of sp³-hybridized carbons (Fsp3) is 0.917. The van der Waals surface area contributed by atoms with Gasteiger partial charge in [-0.05, 0) is 87.0 Å². The van der Waals surface area contributed by atoms with Gasteiger partial charge in [-0.3, -0.25) is 0 Å². The Morgan fingerprint density at radius 2 is 1.63 bits per heavy atom. The molecule has 3 heterocycles. The van der Waals surface area contributed by atoms with Crippen LogP contribution < -0.4 is 0 Å². The van der Waals surface area contributed by atoms with Crippen molar-refractivity contribution in [3.05, 3.63) is 11.6 Å². The van der Waals surface area contributed by atoms with Crippen molar-refractivity contribution in [2.75, 3.05) is 20.3 Å². The Hall–Kier alpha value is -1.23. The van der Waals surface area contributed by atoms with Gasteiger partial charge >= 0.3 is 5.97 Å². The SMILES string of the molecule is CO[C@H]1C[C@@H](O[C@H]2CC[C@@]3(C)[C@@H]4CC[C@]5(C)[C@H](C6=CC(=O)OC6)CC[C@]5(O)[C@H]4CC[C@@]3(O)C2)O[C@H](C)[C@@H]1O[C@H]1O[C@@H](CO)[C@H](O)[C@@H](O)[C@@H]1O. The summed E-state index contributed by atoms with van der Waals surface area (Å²) in [6.07, 6.45) is -1.10. The monoisotopic (exact) mass is 696 g/mol. The van der Waals surface area contributed by atoms with Crippen LogP contribution in [0.2, 0.25) is 0 Å². The van der Waals surface area contributed by atoms with E-state index in [1.807, 2.05) is 0 Å². The molecule has 17 atom stereocenters. The zero-order valence-corrected chi connectivity index (χ0v) is 29.1. The van der Waals surface area contributed by atoms with Crippen molar-refractivity contribution >= 4 is 5.97 Å². The first kappa shape index (κ1) is 36.1. The van der Waals surface area contributed by atoms with Gasteiger partial charge in [-0.15, -0.1) is 0 Å². The minimum Gasteiger partial charge on any atom is -0.458 e. The number of carbonyl (C=O) groups is 1. The van der Waals surface area contributed by atoms with E-state index < -0.39 is 73.1 Å². The van der Waals surface area contributed by atoms with E-state index in [-0.39, 0.29) is 40.7 Å². The molecular weight excluding hydrogens is 640 g/mol. The number of hydrogen-bond donors (Lipinski definition) is 6. The maximum absolute atomic E-state index is 12.5. The Balaban J connectivity index is 0.994. The first-order valence-corrected chi connectivity index (χ1v) is 18.3. The molecule has 4 aliphatic carbocycles. The average Bonchev–Trinajstić information content (AvgIpc) is 3.61. The van der Waals surface area contributed by atoms with Crippen LogP contribution in [0, 0.1) is 28.6 Å². The fourth-order valence-corrected chi connectivity index (χ4v) is 11.5. The van der Waals surface area contributed by atoms with Gasteiger partial charge in [0.1, 0.15) is 37.1 Å². The summed E-state index contributed by atoms with van der Waals surface area (Å²) in [6.45, 7) is 5.98. The van der Waals surface area contributed by atoms with E-state index in [4.69, 9.17) is 28.4 Å². The van der Waals surface area contributed by atoms with Crippen LogP contribution in [-0.2, 0) is 33.2 Å². The maximum Gasteiger partial charge on any atom is 0.331 e. The predicted molar refractivity (Wildman–Crippen MR) is 170 cm³/mol. The van der Waals surface area contributed by atoms with Crippen molar-refractivity contribution in [2.45, 2.75) is 158 Å². The van der Waals surface area contributed by atoms with Crippen LogP contribution in [0.25, 0.3) is 0 Å². The molecule has 0 spiro atoms. The van der Waals surface area contributed by atoms with Crippen molar-refractivity contribution in [1.29, 1.82) is 0 Å². The molecule has 0 unspecified atom stereocenters.